The number of hydrogen-bond donors (Lipinski definition) is 1. The number of thiophene rings is 1. The molecule has 1 aromatic heterocycles. The summed E-state index contributed by atoms with van der Waals surface area (Å²) in [4.78, 5) is 10.8. The molecule has 0 aromatic carbocycles. The topological polar surface area (TPSA) is 37.3 Å². The van der Waals surface area contributed by atoms with Gasteiger partial charge in [-0.1, -0.05) is 12.8 Å². The normalized spacial score (nSPS) is 17.8. The van der Waals surface area contributed by atoms with Crippen molar-refractivity contribution in [3.63, 3.8) is 0 Å². The monoisotopic (exact) mass is 196 g/mol. The summed E-state index contributed by atoms with van der Waals surface area (Å²) >= 11 is 1.50. The van der Waals surface area contributed by atoms with Gasteiger partial charge in [-0.25, -0.2) is 4.79 Å². The molecule has 2 rings (SSSR count). The molecule has 1 fully saturated rings. The van der Waals surface area contributed by atoms with E-state index < -0.39 is 5.97 Å². The summed E-state index contributed by atoms with van der Waals surface area (Å²) in [6.07, 6.45) is 4.83. The standard InChI is InChI=1S/C10H12O2S/c11-10(12)9-6-13-5-8(9)7-3-1-2-4-7/h5-7H,1-4H2,(H,11,12). The largest absolute Gasteiger partial charge is 0.478 e. The minimum Gasteiger partial charge on any atom is -0.478 e. The molecule has 3 heteroatoms. The van der Waals surface area contributed by atoms with Crippen LogP contribution in [0.3, 0.4) is 0 Å². The summed E-state index contributed by atoms with van der Waals surface area (Å²) in [7, 11) is 0. The highest BCUT2D eigenvalue weighted by molar-refractivity contribution is 7.08. The van der Waals surface area contributed by atoms with E-state index in [-0.39, 0.29) is 0 Å². The average Bonchev–Trinajstić information content (AvgIpc) is 2.74. The first kappa shape index (κ1) is 8.75. The Morgan fingerprint density at radius 1 is 1.38 bits per heavy atom. The maximum Gasteiger partial charge on any atom is 0.336 e. The van der Waals surface area contributed by atoms with Gasteiger partial charge in [0.2, 0.25) is 0 Å². The fourth-order valence-electron chi connectivity index (χ4n) is 2.03. The molecule has 70 valence electrons. The zero-order chi connectivity index (χ0) is 9.26. The van der Waals surface area contributed by atoms with Crippen LogP contribution in [0.4, 0.5) is 0 Å². The van der Waals surface area contributed by atoms with Crippen LogP contribution in [0.2, 0.25) is 0 Å². The van der Waals surface area contributed by atoms with Crippen LogP contribution in [0.1, 0.15) is 47.5 Å². The molecule has 0 spiro atoms. The van der Waals surface area contributed by atoms with Crippen molar-refractivity contribution in [2.24, 2.45) is 0 Å². The molecule has 2 nitrogen and oxygen atoms in total. The Morgan fingerprint density at radius 2 is 2.08 bits per heavy atom. The fourth-order valence-corrected chi connectivity index (χ4v) is 2.94. The number of rotatable bonds is 2. The first-order valence-electron chi connectivity index (χ1n) is 4.58. The van der Waals surface area contributed by atoms with Gasteiger partial charge in [-0.15, -0.1) is 0 Å². The van der Waals surface area contributed by atoms with Gasteiger partial charge in [-0.2, -0.15) is 11.3 Å². The average molecular weight is 196 g/mol. The van der Waals surface area contributed by atoms with Crippen LogP contribution in [0, 0.1) is 0 Å². The predicted molar refractivity (Wildman–Crippen MR) is 52.5 cm³/mol. The van der Waals surface area contributed by atoms with E-state index in [4.69, 9.17) is 5.11 Å². The van der Waals surface area contributed by atoms with Crippen LogP contribution >= 0.6 is 11.3 Å². The smallest absolute Gasteiger partial charge is 0.336 e. The van der Waals surface area contributed by atoms with Crippen LogP contribution in [-0.4, -0.2) is 11.1 Å². The molecular weight excluding hydrogens is 184 g/mol. The van der Waals surface area contributed by atoms with Gasteiger partial charge in [0.15, 0.2) is 0 Å². The Balaban J connectivity index is 2.28. The van der Waals surface area contributed by atoms with Gasteiger partial charge in [0.1, 0.15) is 0 Å². The van der Waals surface area contributed by atoms with Crippen molar-refractivity contribution in [2.45, 2.75) is 31.6 Å². The van der Waals surface area contributed by atoms with E-state index in [1.807, 2.05) is 5.38 Å². The maximum atomic E-state index is 10.8. The van der Waals surface area contributed by atoms with Gasteiger partial charge >= 0.3 is 5.97 Å². The third-order valence-corrected chi connectivity index (χ3v) is 3.48. The van der Waals surface area contributed by atoms with Gasteiger partial charge < -0.3 is 5.11 Å². The van der Waals surface area contributed by atoms with Crippen LogP contribution in [-0.2, 0) is 0 Å². The maximum absolute atomic E-state index is 10.8. The Hall–Kier alpha value is -0.830. The van der Waals surface area contributed by atoms with E-state index in [0.717, 1.165) is 18.4 Å². The van der Waals surface area contributed by atoms with Gasteiger partial charge in [-0.3, -0.25) is 0 Å². The Morgan fingerprint density at radius 3 is 2.69 bits per heavy atom. The first-order chi connectivity index (χ1) is 6.29. The highest BCUT2D eigenvalue weighted by atomic mass is 32.1. The molecule has 1 N–H and O–H groups in total. The second-order valence-electron chi connectivity index (χ2n) is 3.53. The molecule has 1 aliphatic carbocycles. The summed E-state index contributed by atoms with van der Waals surface area (Å²) < 4.78 is 0. The Kier molecular flexibility index (Phi) is 2.36. The molecular formula is C10H12O2S. The molecule has 1 saturated carbocycles. The van der Waals surface area contributed by atoms with Gasteiger partial charge in [0, 0.05) is 5.38 Å². The molecule has 1 heterocycles. The van der Waals surface area contributed by atoms with Crippen molar-refractivity contribution >= 4 is 17.3 Å². The summed E-state index contributed by atoms with van der Waals surface area (Å²) in [6.45, 7) is 0. The zero-order valence-corrected chi connectivity index (χ0v) is 8.14. The lowest BCUT2D eigenvalue weighted by Gasteiger charge is -2.07. The van der Waals surface area contributed by atoms with Crippen molar-refractivity contribution in [3.8, 4) is 0 Å². The minimum atomic E-state index is -0.775. The molecule has 1 aliphatic rings. The van der Waals surface area contributed by atoms with Gasteiger partial charge in [-0.05, 0) is 29.7 Å². The molecule has 0 aliphatic heterocycles. The lowest BCUT2D eigenvalue weighted by Crippen LogP contribution is -2.01. The SMILES string of the molecule is O=C(O)c1cscc1C1CCCC1. The van der Waals surface area contributed by atoms with Gasteiger partial charge in [0.05, 0.1) is 5.56 Å². The zero-order valence-electron chi connectivity index (χ0n) is 7.32. The minimum absolute atomic E-state index is 0.511. The van der Waals surface area contributed by atoms with E-state index in [9.17, 15) is 4.79 Å². The van der Waals surface area contributed by atoms with E-state index in [1.165, 1.54) is 24.2 Å². The van der Waals surface area contributed by atoms with Crippen LogP contribution in [0.25, 0.3) is 0 Å². The number of aromatic carboxylic acids is 1. The fraction of sp³-hybridized carbons (Fsp3) is 0.500. The highest BCUT2D eigenvalue weighted by Crippen LogP contribution is 2.37. The molecule has 1 aromatic rings. The molecule has 0 atom stereocenters. The van der Waals surface area contributed by atoms with Crippen molar-refractivity contribution in [1.29, 1.82) is 0 Å². The molecule has 0 unspecified atom stereocenters. The second kappa shape index (κ2) is 3.50. The summed E-state index contributed by atoms with van der Waals surface area (Å²) in [5.41, 5.74) is 1.59. The molecule has 13 heavy (non-hydrogen) atoms. The third kappa shape index (κ3) is 1.61. The molecule has 0 saturated heterocycles. The lowest BCUT2D eigenvalue weighted by molar-refractivity contribution is 0.0696. The molecule has 0 radical (unpaired) electrons. The second-order valence-corrected chi connectivity index (χ2v) is 4.27. The van der Waals surface area contributed by atoms with Gasteiger partial charge in [0.25, 0.3) is 0 Å². The predicted octanol–water partition coefficient (Wildman–Crippen LogP) is 3.10. The Labute approximate surface area is 81.2 Å². The van der Waals surface area contributed by atoms with E-state index in [0.29, 0.717) is 11.5 Å². The van der Waals surface area contributed by atoms with Crippen molar-refractivity contribution in [3.05, 3.63) is 21.9 Å². The molecule has 0 amide bonds. The van der Waals surface area contributed by atoms with Crippen LogP contribution < -0.4 is 0 Å². The third-order valence-electron chi connectivity index (χ3n) is 2.72. The summed E-state index contributed by atoms with van der Waals surface area (Å²) in [6, 6.07) is 0. The number of carboxylic acids is 1. The first-order valence-corrected chi connectivity index (χ1v) is 5.52. The Bertz CT molecular complexity index is 310. The van der Waals surface area contributed by atoms with E-state index in [2.05, 4.69) is 0 Å². The molecule has 0 bridgehead atoms. The lowest BCUT2D eigenvalue weighted by atomic mass is 9.97. The van der Waals surface area contributed by atoms with Crippen molar-refractivity contribution in [1.82, 2.24) is 0 Å². The number of carboxylic acid groups (broad SMARTS) is 1. The summed E-state index contributed by atoms with van der Waals surface area (Å²) in [5, 5.41) is 12.7. The highest BCUT2D eigenvalue weighted by Gasteiger charge is 2.22. The van der Waals surface area contributed by atoms with Crippen LogP contribution in [0.5, 0.6) is 0 Å². The van der Waals surface area contributed by atoms with Crippen molar-refractivity contribution < 1.29 is 9.90 Å². The van der Waals surface area contributed by atoms with Crippen molar-refractivity contribution in [2.75, 3.05) is 0 Å². The summed E-state index contributed by atoms with van der Waals surface area (Å²) in [5.74, 6) is -0.263. The van der Waals surface area contributed by atoms with E-state index >= 15 is 0 Å². The van der Waals surface area contributed by atoms with Crippen LogP contribution in [0.15, 0.2) is 10.8 Å². The number of hydrogen-bond acceptors (Lipinski definition) is 2. The number of carbonyl (C=O) groups is 1. The van der Waals surface area contributed by atoms with E-state index in [1.54, 1.807) is 5.38 Å². The quantitative estimate of drug-likeness (QED) is 0.789.